The van der Waals surface area contributed by atoms with Gasteiger partial charge in [-0.1, -0.05) is 41.5 Å². The number of aliphatic carboxylic acids is 6. The molecule has 48 heavy (non-hydrogen) atoms. The molecule has 0 bridgehead atoms. The third kappa shape index (κ3) is 1.82. The molecule has 0 amide bonds. The molecule has 3 spiro atoms. The minimum Gasteiger partial charge on any atom is -0.480 e. The van der Waals surface area contributed by atoms with Gasteiger partial charge in [-0.2, -0.15) is 0 Å². The molecule has 1 aromatic carbocycles. The summed E-state index contributed by atoms with van der Waals surface area (Å²) < 4.78 is 0. The van der Waals surface area contributed by atoms with Crippen LogP contribution in [0, 0.1) is 69.5 Å². The smallest absolute Gasteiger partial charge is 0.322 e. The number of carboxylic acids is 6. The summed E-state index contributed by atoms with van der Waals surface area (Å²) in [4.78, 5) is 80.6. The number of carbonyl (C=O) groups is 6. The summed E-state index contributed by atoms with van der Waals surface area (Å²) >= 11 is 0. The minimum atomic E-state index is -2.20. The minimum absolute atomic E-state index is 0.530. The first kappa shape index (κ1) is 29.0. The van der Waals surface area contributed by atoms with Crippen LogP contribution in [-0.2, 0) is 45.0 Å². The van der Waals surface area contributed by atoms with Gasteiger partial charge in [0, 0.05) is 34.0 Å². The second-order valence-corrected chi connectivity index (χ2v) is 17.2. The highest BCUT2D eigenvalue weighted by Gasteiger charge is 3.01. The van der Waals surface area contributed by atoms with E-state index in [4.69, 9.17) is 0 Å². The maximum atomic E-state index is 13.4. The van der Waals surface area contributed by atoms with E-state index in [1.807, 2.05) is 41.5 Å². The number of benzene rings is 1. The summed E-state index contributed by atoms with van der Waals surface area (Å²) in [6.07, 6.45) is 0. The van der Waals surface area contributed by atoms with Crippen molar-refractivity contribution in [2.24, 2.45) is 69.5 Å². The van der Waals surface area contributed by atoms with Crippen molar-refractivity contribution >= 4 is 35.8 Å². The van der Waals surface area contributed by atoms with Crippen molar-refractivity contribution in [1.29, 1.82) is 0 Å². The fourth-order valence-electron chi connectivity index (χ4n) is 17.3. The average Bonchev–Trinajstić information content (AvgIpc) is 3.86. The van der Waals surface area contributed by atoms with Crippen LogP contribution >= 0.6 is 0 Å². The molecular formula is C36H36O12. The zero-order chi connectivity index (χ0) is 34.9. The standard InChI is InChI=1S/C36H36O12/c1-7-13-10(4)32-20-16(13)19-17-14(11(5)31(19)22(7)34(31,25(37)38)26(39)40)8(2)24-33(36(24,29(45)46)30(47)48)12(6)15(18(20)21(17)33)9(3)23(32)35(32,27(41)42)28(43)44/h7-15,22-24H,1-6H3,(H,37,38)(H,39,40)(H,41,42)(H,43,44)(H,45,46)(H,47,48)/t7?,8?,9?,10-,11?,12?,13+,14+,15?,22+,23?,24+,31?,32+,33?/m0/s1. The molecule has 1 aromatic rings. The molecule has 15 atom stereocenters. The number of rotatable bonds is 6. The summed E-state index contributed by atoms with van der Waals surface area (Å²) in [5, 5.41) is 65.5. The lowest BCUT2D eigenvalue weighted by atomic mass is 9.66. The average molecular weight is 661 g/mol. The number of hydrogen-bond acceptors (Lipinski definition) is 6. The molecule has 252 valence electrons. The summed E-state index contributed by atoms with van der Waals surface area (Å²) in [6, 6.07) is 0. The maximum Gasteiger partial charge on any atom is 0.322 e. The van der Waals surface area contributed by atoms with E-state index >= 15 is 0 Å². The van der Waals surface area contributed by atoms with Crippen LogP contribution < -0.4 is 0 Å². The van der Waals surface area contributed by atoms with Crippen LogP contribution in [0.2, 0.25) is 0 Å². The molecule has 3 fully saturated rings. The van der Waals surface area contributed by atoms with E-state index in [2.05, 4.69) is 0 Å². The van der Waals surface area contributed by atoms with Crippen molar-refractivity contribution in [3.05, 3.63) is 33.4 Å². The molecule has 9 aliphatic rings. The van der Waals surface area contributed by atoms with E-state index in [9.17, 15) is 59.4 Å². The van der Waals surface area contributed by atoms with Crippen molar-refractivity contribution in [1.82, 2.24) is 0 Å². The molecule has 9 aliphatic carbocycles. The summed E-state index contributed by atoms with van der Waals surface area (Å²) in [5.41, 5.74) is -7.13. The van der Waals surface area contributed by atoms with E-state index in [-0.39, 0.29) is 0 Å². The molecule has 6 N–H and O–H groups in total. The van der Waals surface area contributed by atoms with Crippen molar-refractivity contribution < 1.29 is 59.4 Å². The number of hydrogen-bond donors (Lipinski definition) is 6. The first-order chi connectivity index (χ1) is 22.3. The van der Waals surface area contributed by atoms with E-state index in [0.29, 0.717) is 33.4 Å². The van der Waals surface area contributed by atoms with Gasteiger partial charge >= 0.3 is 35.8 Å². The molecule has 10 rings (SSSR count). The van der Waals surface area contributed by atoms with Crippen molar-refractivity contribution in [3.63, 3.8) is 0 Å². The predicted molar refractivity (Wildman–Crippen MR) is 158 cm³/mol. The second kappa shape index (κ2) is 7.03. The lowest BCUT2D eigenvalue weighted by Gasteiger charge is -2.36. The van der Waals surface area contributed by atoms with Gasteiger partial charge in [0.25, 0.3) is 0 Å². The molecule has 0 saturated heterocycles. The van der Waals surface area contributed by atoms with Gasteiger partial charge in [0.2, 0.25) is 0 Å². The van der Waals surface area contributed by atoms with E-state index in [1.54, 1.807) is 0 Å². The zero-order valence-electron chi connectivity index (χ0n) is 27.1. The molecule has 0 heterocycles. The Bertz CT molecular complexity index is 1730. The van der Waals surface area contributed by atoms with E-state index in [1.165, 1.54) is 0 Å². The third-order valence-corrected chi connectivity index (χ3v) is 17.5. The lowest BCUT2D eigenvalue weighted by Crippen LogP contribution is -2.38. The zero-order valence-corrected chi connectivity index (χ0v) is 27.1. The van der Waals surface area contributed by atoms with Crippen LogP contribution in [0.5, 0.6) is 0 Å². The molecule has 12 heteroatoms. The first-order valence-electron chi connectivity index (χ1n) is 17.0. The fraction of sp³-hybridized carbons (Fsp3) is 0.667. The lowest BCUT2D eigenvalue weighted by molar-refractivity contribution is -0.161. The Morgan fingerprint density at radius 2 is 0.583 bits per heavy atom. The van der Waals surface area contributed by atoms with Crippen molar-refractivity contribution in [2.45, 2.75) is 75.5 Å². The molecule has 9 unspecified atom stereocenters. The van der Waals surface area contributed by atoms with Crippen molar-refractivity contribution in [2.75, 3.05) is 0 Å². The Hall–Kier alpha value is -3.96. The van der Waals surface area contributed by atoms with Gasteiger partial charge in [-0.25, -0.2) is 0 Å². The van der Waals surface area contributed by atoms with Gasteiger partial charge in [0.05, 0.1) is 0 Å². The van der Waals surface area contributed by atoms with Crippen LogP contribution in [0.25, 0.3) is 0 Å². The molecule has 3 saturated carbocycles. The third-order valence-electron chi connectivity index (χ3n) is 17.5. The second-order valence-electron chi connectivity index (χ2n) is 17.2. The maximum absolute atomic E-state index is 13.4. The highest BCUT2D eigenvalue weighted by Crippen LogP contribution is 2.97. The van der Waals surface area contributed by atoms with Crippen LogP contribution in [-0.4, -0.2) is 66.5 Å². The summed E-state index contributed by atoms with van der Waals surface area (Å²) in [6.45, 7) is 11.0. The summed E-state index contributed by atoms with van der Waals surface area (Å²) in [7, 11) is 0. The van der Waals surface area contributed by atoms with Gasteiger partial charge < -0.3 is 30.6 Å². The molecule has 0 aromatic heterocycles. The predicted octanol–water partition coefficient (Wildman–Crippen LogP) is 2.91. The largest absolute Gasteiger partial charge is 0.480 e. The summed E-state index contributed by atoms with van der Waals surface area (Å²) in [5.74, 6) is -16.5. The number of carboxylic acid groups (broad SMARTS) is 6. The SMILES string of the molecule is CC1C2c3c4c5c6c7c3[C@@]3(C1C3(C(=O)O)C(=O)O)[C@@H](C)[C@H]7C(C)[C@H]1C(C(=O)O)(C(=O)O)C61C(C)[C@H]5C(C)[C@H]1C(C(=O)O)(C(=O)O)C41C2C. The molecule has 0 aliphatic heterocycles. The van der Waals surface area contributed by atoms with Gasteiger partial charge in [-0.15, -0.1) is 0 Å². The van der Waals surface area contributed by atoms with Gasteiger partial charge in [-0.05, 0) is 86.6 Å². The highest BCUT2D eigenvalue weighted by atomic mass is 16.4. The Morgan fingerprint density at radius 1 is 0.396 bits per heavy atom. The molecule has 12 nitrogen and oxygen atoms in total. The Morgan fingerprint density at radius 3 is 0.750 bits per heavy atom. The fourth-order valence-corrected chi connectivity index (χ4v) is 17.3. The van der Waals surface area contributed by atoms with E-state index < -0.39 is 139 Å². The Kier molecular flexibility index (Phi) is 4.25. The van der Waals surface area contributed by atoms with Crippen LogP contribution in [0.4, 0.5) is 0 Å². The van der Waals surface area contributed by atoms with Crippen LogP contribution in [0.3, 0.4) is 0 Å². The van der Waals surface area contributed by atoms with Crippen molar-refractivity contribution in [3.8, 4) is 0 Å². The normalized spacial score (nSPS) is 50.4. The van der Waals surface area contributed by atoms with Gasteiger partial charge in [0.15, 0.2) is 16.2 Å². The quantitative estimate of drug-likeness (QED) is 0.242. The van der Waals surface area contributed by atoms with Gasteiger partial charge in [0.1, 0.15) is 0 Å². The topological polar surface area (TPSA) is 224 Å². The Balaban J connectivity index is 1.46. The van der Waals surface area contributed by atoms with Crippen LogP contribution in [0.1, 0.15) is 92.7 Å². The highest BCUT2D eigenvalue weighted by molar-refractivity contribution is 6.11. The first-order valence-corrected chi connectivity index (χ1v) is 17.0. The molecular weight excluding hydrogens is 624 g/mol. The van der Waals surface area contributed by atoms with Crippen LogP contribution in [0.15, 0.2) is 0 Å². The van der Waals surface area contributed by atoms with Gasteiger partial charge in [-0.3, -0.25) is 28.8 Å². The monoisotopic (exact) mass is 660 g/mol. The van der Waals surface area contributed by atoms with E-state index in [0.717, 1.165) is 0 Å². The Labute approximate surface area is 273 Å². The molecule has 0 radical (unpaired) electrons.